The summed E-state index contributed by atoms with van der Waals surface area (Å²) >= 11 is 1.08. The van der Waals surface area contributed by atoms with E-state index in [0.717, 1.165) is 16.2 Å². The summed E-state index contributed by atoms with van der Waals surface area (Å²) < 4.78 is 15.9. The zero-order valence-electron chi connectivity index (χ0n) is 18.5. The van der Waals surface area contributed by atoms with Gasteiger partial charge in [0.25, 0.3) is 11.8 Å². The first-order valence-corrected chi connectivity index (χ1v) is 10.8. The number of rotatable bonds is 8. The highest BCUT2D eigenvalue weighted by Crippen LogP contribution is 2.38. The topological polar surface area (TPSA) is 120 Å². The molecule has 10 nitrogen and oxygen atoms in total. The van der Waals surface area contributed by atoms with Gasteiger partial charge in [-0.15, -0.1) is 10.2 Å². The molecule has 1 aromatic heterocycles. The van der Waals surface area contributed by atoms with Crippen LogP contribution in [0.5, 0.6) is 17.2 Å². The second-order valence-electron chi connectivity index (χ2n) is 7.02. The van der Waals surface area contributed by atoms with Crippen LogP contribution in [0.25, 0.3) is 6.08 Å². The lowest BCUT2D eigenvalue weighted by molar-refractivity contribution is -0.111. The smallest absolute Gasteiger partial charge is 0.261 e. The molecule has 3 amide bonds. The highest BCUT2D eigenvalue weighted by atomic mass is 32.1. The number of hydrogen-bond donors (Lipinski definition) is 1. The van der Waals surface area contributed by atoms with Crippen molar-refractivity contribution in [2.24, 2.45) is 0 Å². The van der Waals surface area contributed by atoms with E-state index in [1.165, 1.54) is 27.4 Å². The van der Waals surface area contributed by atoms with Crippen LogP contribution >= 0.6 is 11.3 Å². The molecular weight excluding hydrogens is 460 g/mol. The lowest BCUT2D eigenvalue weighted by atomic mass is 10.1. The summed E-state index contributed by atoms with van der Waals surface area (Å²) in [6.45, 7) is -0.0266. The first kappa shape index (κ1) is 22.9. The van der Waals surface area contributed by atoms with Crippen LogP contribution in [0.4, 0.5) is 5.13 Å². The molecule has 1 aliphatic rings. The molecule has 0 atom stereocenters. The second-order valence-corrected chi connectivity index (χ2v) is 8.09. The first-order valence-electron chi connectivity index (χ1n) is 10.0. The molecule has 4 rings (SSSR count). The van der Waals surface area contributed by atoms with E-state index in [0.29, 0.717) is 38.9 Å². The number of methoxy groups -OCH3 is 3. The molecule has 11 heteroatoms. The Morgan fingerprint density at radius 2 is 1.62 bits per heavy atom. The molecule has 1 aliphatic heterocycles. The molecule has 0 radical (unpaired) electrons. The van der Waals surface area contributed by atoms with Crippen molar-refractivity contribution in [1.29, 1.82) is 0 Å². The molecule has 34 heavy (non-hydrogen) atoms. The number of ether oxygens (including phenoxy) is 3. The van der Waals surface area contributed by atoms with Gasteiger partial charge in [-0.1, -0.05) is 23.5 Å². The second kappa shape index (κ2) is 9.71. The number of nitrogens with one attached hydrogen (secondary N) is 1. The van der Waals surface area contributed by atoms with Crippen molar-refractivity contribution in [2.75, 3.05) is 26.6 Å². The Labute approximate surface area is 198 Å². The van der Waals surface area contributed by atoms with Crippen molar-refractivity contribution in [2.45, 2.75) is 6.54 Å². The van der Waals surface area contributed by atoms with E-state index in [1.807, 2.05) is 0 Å². The normalized spacial score (nSPS) is 12.7. The summed E-state index contributed by atoms with van der Waals surface area (Å²) in [6, 6.07) is 10.0. The fraction of sp³-hybridized carbons (Fsp3) is 0.174. The van der Waals surface area contributed by atoms with E-state index in [-0.39, 0.29) is 23.5 Å². The van der Waals surface area contributed by atoms with E-state index in [1.54, 1.807) is 42.5 Å². The highest BCUT2D eigenvalue weighted by Gasteiger charge is 2.35. The Kier molecular flexibility index (Phi) is 6.55. The number of benzene rings is 2. The van der Waals surface area contributed by atoms with E-state index in [9.17, 15) is 14.4 Å². The number of fused-ring (bicyclic) bond motifs is 1. The van der Waals surface area contributed by atoms with Gasteiger partial charge in [0.15, 0.2) is 11.5 Å². The first-order chi connectivity index (χ1) is 16.4. The average Bonchev–Trinajstić information content (AvgIpc) is 3.39. The van der Waals surface area contributed by atoms with Gasteiger partial charge < -0.3 is 14.2 Å². The van der Waals surface area contributed by atoms with Crippen LogP contribution < -0.4 is 19.5 Å². The summed E-state index contributed by atoms with van der Waals surface area (Å²) in [7, 11) is 4.52. The summed E-state index contributed by atoms with van der Waals surface area (Å²) in [5, 5.41) is 11.2. The Bertz CT molecular complexity index is 1240. The van der Waals surface area contributed by atoms with Crippen molar-refractivity contribution in [1.82, 2.24) is 15.1 Å². The molecule has 2 aromatic carbocycles. The molecule has 1 N–H and O–H groups in total. The number of imide groups is 1. The minimum absolute atomic E-state index is 0.0266. The minimum atomic E-state index is -0.433. The summed E-state index contributed by atoms with van der Waals surface area (Å²) in [4.78, 5) is 38.5. The Morgan fingerprint density at radius 3 is 2.18 bits per heavy atom. The third-order valence-electron chi connectivity index (χ3n) is 4.98. The van der Waals surface area contributed by atoms with Crippen molar-refractivity contribution in [3.05, 3.63) is 64.2 Å². The van der Waals surface area contributed by atoms with Crippen molar-refractivity contribution < 1.29 is 28.6 Å². The van der Waals surface area contributed by atoms with Gasteiger partial charge in [-0.25, -0.2) is 0 Å². The molecule has 0 fully saturated rings. The molecule has 0 bridgehead atoms. The molecule has 2 heterocycles. The van der Waals surface area contributed by atoms with Crippen LogP contribution in [0.3, 0.4) is 0 Å². The fourth-order valence-corrected chi connectivity index (χ4v) is 4.13. The molecule has 0 saturated carbocycles. The lowest BCUT2D eigenvalue weighted by Crippen LogP contribution is -2.29. The highest BCUT2D eigenvalue weighted by molar-refractivity contribution is 7.15. The van der Waals surface area contributed by atoms with E-state index in [4.69, 9.17) is 14.2 Å². The van der Waals surface area contributed by atoms with E-state index >= 15 is 0 Å². The van der Waals surface area contributed by atoms with Crippen LogP contribution in [0.15, 0.2) is 42.5 Å². The van der Waals surface area contributed by atoms with Crippen LogP contribution in [-0.2, 0) is 11.3 Å². The van der Waals surface area contributed by atoms with Gasteiger partial charge in [0.2, 0.25) is 16.8 Å². The fourth-order valence-electron chi connectivity index (χ4n) is 3.40. The predicted molar refractivity (Wildman–Crippen MR) is 124 cm³/mol. The standard InChI is InChI=1S/C23H20N4O6S/c1-31-16-10-13(11-17(32-2)20(16)33-3)8-9-18(28)24-23-26-25-19(34-23)12-27-21(29)14-6-4-5-7-15(14)22(27)30/h4-11H,12H2,1-3H3,(H,24,26,28)/b9-8+. The molecule has 0 spiro atoms. The molecule has 0 saturated heterocycles. The maximum atomic E-state index is 12.5. The molecule has 174 valence electrons. The van der Waals surface area contributed by atoms with Crippen LogP contribution in [0.1, 0.15) is 31.3 Å². The number of nitrogens with zero attached hydrogens (tertiary/aromatic N) is 3. The van der Waals surface area contributed by atoms with Gasteiger partial charge in [-0.2, -0.15) is 0 Å². The zero-order chi connectivity index (χ0) is 24.2. The third kappa shape index (κ3) is 4.46. The number of aromatic nitrogens is 2. The molecule has 3 aromatic rings. The van der Waals surface area contributed by atoms with Crippen LogP contribution in [0.2, 0.25) is 0 Å². The molecule has 0 aliphatic carbocycles. The van der Waals surface area contributed by atoms with Gasteiger partial charge in [0.1, 0.15) is 5.01 Å². The van der Waals surface area contributed by atoms with Crippen molar-refractivity contribution in [3.8, 4) is 17.2 Å². The number of carbonyl (C=O) groups is 3. The Hall–Kier alpha value is -4.25. The molecule has 0 unspecified atom stereocenters. The van der Waals surface area contributed by atoms with Gasteiger partial charge in [-0.05, 0) is 35.9 Å². The van der Waals surface area contributed by atoms with Crippen molar-refractivity contribution in [3.63, 3.8) is 0 Å². The van der Waals surface area contributed by atoms with Gasteiger partial charge >= 0.3 is 0 Å². The van der Waals surface area contributed by atoms with Gasteiger partial charge in [0, 0.05) is 6.08 Å². The number of carbonyl (C=O) groups excluding carboxylic acids is 3. The van der Waals surface area contributed by atoms with Crippen molar-refractivity contribution >= 4 is 40.3 Å². The Morgan fingerprint density at radius 1 is 1.00 bits per heavy atom. The van der Waals surface area contributed by atoms with Gasteiger partial charge in [0.05, 0.1) is 39.0 Å². The average molecular weight is 481 g/mol. The monoisotopic (exact) mass is 480 g/mol. The predicted octanol–water partition coefficient (Wildman–Crippen LogP) is 3.01. The maximum absolute atomic E-state index is 12.5. The maximum Gasteiger partial charge on any atom is 0.261 e. The van der Waals surface area contributed by atoms with E-state index in [2.05, 4.69) is 15.5 Å². The quantitative estimate of drug-likeness (QED) is 0.386. The summed E-state index contributed by atoms with van der Waals surface area (Å²) in [5.74, 6) is 0.181. The zero-order valence-corrected chi connectivity index (χ0v) is 19.3. The number of anilines is 1. The number of amides is 3. The Balaban J connectivity index is 1.41. The SMILES string of the molecule is COc1cc(/C=C/C(=O)Nc2nnc(CN3C(=O)c4ccccc4C3=O)s2)cc(OC)c1OC. The summed E-state index contributed by atoms with van der Waals surface area (Å²) in [6.07, 6.45) is 2.91. The van der Waals surface area contributed by atoms with Crippen LogP contribution in [-0.4, -0.2) is 54.1 Å². The third-order valence-corrected chi connectivity index (χ3v) is 5.81. The lowest BCUT2D eigenvalue weighted by Gasteiger charge is -2.12. The molecular formula is C23H20N4O6S. The largest absolute Gasteiger partial charge is 0.493 e. The van der Waals surface area contributed by atoms with Crippen LogP contribution in [0, 0.1) is 0 Å². The van der Waals surface area contributed by atoms with Gasteiger partial charge in [-0.3, -0.25) is 24.6 Å². The number of hydrogen-bond acceptors (Lipinski definition) is 9. The van der Waals surface area contributed by atoms with E-state index < -0.39 is 5.91 Å². The minimum Gasteiger partial charge on any atom is -0.493 e. The summed E-state index contributed by atoms with van der Waals surface area (Å²) in [5.41, 5.74) is 1.39.